The second kappa shape index (κ2) is 5.65. The number of amides is 1. The number of hydrogen-bond donors (Lipinski definition) is 1. The molecule has 1 fully saturated rings. The summed E-state index contributed by atoms with van der Waals surface area (Å²) in [5.41, 5.74) is -0.971. The highest BCUT2D eigenvalue weighted by molar-refractivity contribution is 6.29. The van der Waals surface area contributed by atoms with Gasteiger partial charge in [0.25, 0.3) is 5.91 Å². The van der Waals surface area contributed by atoms with E-state index in [-0.39, 0.29) is 18.8 Å². The molecule has 5 nitrogen and oxygen atoms in total. The van der Waals surface area contributed by atoms with Gasteiger partial charge in [0.1, 0.15) is 0 Å². The quantitative estimate of drug-likeness (QED) is 0.722. The van der Waals surface area contributed by atoms with E-state index in [1.54, 1.807) is 0 Å². The molecule has 0 aliphatic carbocycles. The number of nitrogens with one attached hydrogen (secondary N) is 1. The first kappa shape index (κ1) is 12.7. The van der Waals surface area contributed by atoms with Crippen LogP contribution in [-0.4, -0.2) is 43.6 Å². The topological polar surface area (TPSA) is 56.8 Å². The SMILES string of the molecule is COC(Cl)C(=O)NCC1OC(C)C(C)O1. The van der Waals surface area contributed by atoms with Crippen molar-refractivity contribution < 1.29 is 19.0 Å². The molecule has 1 aliphatic heterocycles. The predicted octanol–water partition coefficient (Wildman–Crippen LogP) is 0.464. The van der Waals surface area contributed by atoms with E-state index >= 15 is 0 Å². The third kappa shape index (κ3) is 3.61. The molecular weight excluding hydrogens is 222 g/mol. The van der Waals surface area contributed by atoms with Gasteiger partial charge in [-0.3, -0.25) is 4.79 Å². The van der Waals surface area contributed by atoms with Crippen LogP contribution in [0.4, 0.5) is 0 Å². The fraction of sp³-hybridized carbons (Fsp3) is 0.889. The number of carbonyl (C=O) groups is 1. The first-order chi connectivity index (χ1) is 7.04. The largest absolute Gasteiger partial charge is 0.357 e. The van der Waals surface area contributed by atoms with Crippen molar-refractivity contribution in [2.24, 2.45) is 0 Å². The number of methoxy groups -OCH3 is 1. The minimum atomic E-state index is -0.971. The van der Waals surface area contributed by atoms with Crippen LogP contribution in [-0.2, 0) is 19.0 Å². The fourth-order valence-corrected chi connectivity index (χ4v) is 1.28. The monoisotopic (exact) mass is 237 g/mol. The number of carbonyl (C=O) groups excluding carboxylic acids is 1. The normalized spacial score (nSPS) is 32.7. The Labute approximate surface area is 94.0 Å². The van der Waals surface area contributed by atoms with Crippen LogP contribution in [0, 0.1) is 0 Å². The molecule has 0 aromatic rings. The van der Waals surface area contributed by atoms with Crippen molar-refractivity contribution in [2.75, 3.05) is 13.7 Å². The lowest BCUT2D eigenvalue weighted by Gasteiger charge is -2.12. The van der Waals surface area contributed by atoms with Gasteiger partial charge in [-0.1, -0.05) is 11.6 Å². The molecule has 88 valence electrons. The first-order valence-corrected chi connectivity index (χ1v) is 5.23. The lowest BCUT2D eigenvalue weighted by molar-refractivity contribution is -0.129. The Bertz CT molecular complexity index is 216. The third-order valence-electron chi connectivity index (χ3n) is 2.25. The lowest BCUT2D eigenvalue weighted by atomic mass is 10.3. The van der Waals surface area contributed by atoms with Crippen molar-refractivity contribution in [3.8, 4) is 0 Å². The van der Waals surface area contributed by atoms with E-state index in [1.807, 2.05) is 13.8 Å². The van der Waals surface area contributed by atoms with E-state index in [0.717, 1.165) is 0 Å². The standard InChI is InChI=1S/C9H16ClNO4/c1-5-6(2)15-7(14-5)4-11-9(12)8(10)13-3/h5-8H,4H2,1-3H3,(H,11,12). The van der Waals surface area contributed by atoms with Crippen LogP contribution in [0.2, 0.25) is 0 Å². The van der Waals surface area contributed by atoms with Crippen molar-refractivity contribution in [3.05, 3.63) is 0 Å². The molecule has 0 radical (unpaired) electrons. The molecule has 1 aliphatic rings. The molecule has 1 amide bonds. The maximum absolute atomic E-state index is 11.2. The van der Waals surface area contributed by atoms with E-state index in [9.17, 15) is 4.79 Å². The molecule has 1 rings (SSSR count). The van der Waals surface area contributed by atoms with Gasteiger partial charge in [-0.05, 0) is 13.8 Å². The van der Waals surface area contributed by atoms with Gasteiger partial charge < -0.3 is 19.5 Å². The summed E-state index contributed by atoms with van der Waals surface area (Å²) in [6.07, 6.45) is -0.318. The van der Waals surface area contributed by atoms with E-state index in [1.165, 1.54) is 7.11 Å². The molecule has 0 bridgehead atoms. The molecule has 3 unspecified atom stereocenters. The summed E-state index contributed by atoms with van der Waals surface area (Å²) in [5.74, 6) is -0.390. The van der Waals surface area contributed by atoms with Crippen molar-refractivity contribution in [2.45, 2.75) is 37.9 Å². The van der Waals surface area contributed by atoms with Crippen LogP contribution in [0.3, 0.4) is 0 Å². The maximum atomic E-state index is 11.2. The van der Waals surface area contributed by atoms with E-state index in [2.05, 4.69) is 10.1 Å². The van der Waals surface area contributed by atoms with Crippen molar-refractivity contribution in [3.63, 3.8) is 0 Å². The molecule has 1 N–H and O–H groups in total. The number of ether oxygens (including phenoxy) is 3. The first-order valence-electron chi connectivity index (χ1n) is 4.80. The van der Waals surface area contributed by atoms with Gasteiger partial charge in [0, 0.05) is 7.11 Å². The molecule has 0 spiro atoms. The van der Waals surface area contributed by atoms with Crippen molar-refractivity contribution >= 4 is 17.5 Å². The van der Waals surface area contributed by atoms with Gasteiger partial charge in [0.2, 0.25) is 5.56 Å². The zero-order chi connectivity index (χ0) is 11.4. The predicted molar refractivity (Wildman–Crippen MR) is 54.5 cm³/mol. The van der Waals surface area contributed by atoms with Crippen LogP contribution in [0.1, 0.15) is 13.8 Å². The molecule has 0 aromatic carbocycles. The van der Waals surface area contributed by atoms with Crippen LogP contribution < -0.4 is 5.32 Å². The summed E-state index contributed by atoms with van der Waals surface area (Å²) in [4.78, 5) is 11.2. The molecule has 1 heterocycles. The van der Waals surface area contributed by atoms with Gasteiger partial charge in [-0.25, -0.2) is 0 Å². The maximum Gasteiger partial charge on any atom is 0.264 e. The average molecular weight is 238 g/mol. The van der Waals surface area contributed by atoms with Crippen LogP contribution in [0.5, 0.6) is 0 Å². The number of halogens is 1. The van der Waals surface area contributed by atoms with Gasteiger partial charge in [0.05, 0.1) is 18.8 Å². The van der Waals surface area contributed by atoms with Crippen LogP contribution in [0.25, 0.3) is 0 Å². The average Bonchev–Trinajstić information content (AvgIpc) is 2.54. The Balaban J connectivity index is 2.24. The fourth-order valence-electron chi connectivity index (χ4n) is 1.20. The zero-order valence-corrected chi connectivity index (χ0v) is 9.78. The molecule has 3 atom stereocenters. The summed E-state index contributed by atoms with van der Waals surface area (Å²) in [7, 11) is 1.37. The van der Waals surface area contributed by atoms with Gasteiger partial charge in [0.15, 0.2) is 6.29 Å². The van der Waals surface area contributed by atoms with E-state index in [4.69, 9.17) is 21.1 Å². The molecule has 15 heavy (non-hydrogen) atoms. The summed E-state index contributed by atoms with van der Waals surface area (Å²) < 4.78 is 15.5. The molecule has 0 saturated carbocycles. The van der Waals surface area contributed by atoms with Crippen LogP contribution in [0.15, 0.2) is 0 Å². The summed E-state index contributed by atoms with van der Waals surface area (Å²) in [6, 6.07) is 0. The number of alkyl halides is 1. The molecule has 0 aromatic heterocycles. The minimum absolute atomic E-state index is 0.0427. The molecule has 6 heteroatoms. The minimum Gasteiger partial charge on any atom is -0.357 e. The molecular formula is C9H16ClNO4. The lowest BCUT2D eigenvalue weighted by Crippen LogP contribution is -2.38. The highest BCUT2D eigenvalue weighted by Crippen LogP contribution is 2.17. The molecule has 1 saturated heterocycles. The summed E-state index contributed by atoms with van der Waals surface area (Å²) in [6.45, 7) is 4.12. The third-order valence-corrected chi connectivity index (χ3v) is 2.63. The highest BCUT2D eigenvalue weighted by Gasteiger charge is 2.30. The van der Waals surface area contributed by atoms with Crippen LogP contribution >= 0.6 is 11.6 Å². The Morgan fingerprint density at radius 3 is 2.47 bits per heavy atom. The second-order valence-corrected chi connectivity index (χ2v) is 3.81. The van der Waals surface area contributed by atoms with Gasteiger partial charge in [-0.2, -0.15) is 0 Å². The van der Waals surface area contributed by atoms with Crippen molar-refractivity contribution in [1.82, 2.24) is 5.32 Å². The number of rotatable bonds is 4. The Hall–Kier alpha value is -0.360. The van der Waals surface area contributed by atoms with Crippen molar-refractivity contribution in [1.29, 1.82) is 0 Å². The number of hydrogen-bond acceptors (Lipinski definition) is 4. The Morgan fingerprint density at radius 2 is 2.00 bits per heavy atom. The van der Waals surface area contributed by atoms with E-state index in [0.29, 0.717) is 0 Å². The summed E-state index contributed by atoms with van der Waals surface area (Å²) >= 11 is 5.54. The summed E-state index contributed by atoms with van der Waals surface area (Å²) in [5, 5.41) is 2.57. The smallest absolute Gasteiger partial charge is 0.264 e. The van der Waals surface area contributed by atoms with Gasteiger partial charge in [-0.15, -0.1) is 0 Å². The Morgan fingerprint density at radius 1 is 1.47 bits per heavy atom. The highest BCUT2D eigenvalue weighted by atomic mass is 35.5. The second-order valence-electron chi connectivity index (χ2n) is 3.41. The Kier molecular flexibility index (Phi) is 4.79. The van der Waals surface area contributed by atoms with E-state index < -0.39 is 17.8 Å². The van der Waals surface area contributed by atoms with Gasteiger partial charge >= 0.3 is 0 Å². The zero-order valence-electron chi connectivity index (χ0n) is 9.03.